The van der Waals surface area contributed by atoms with Gasteiger partial charge in [0.2, 0.25) is 0 Å². The third-order valence-corrected chi connectivity index (χ3v) is 7.13. The molecule has 0 bridgehead atoms. The van der Waals surface area contributed by atoms with Gasteiger partial charge in [0.05, 0.1) is 23.6 Å². The molecule has 3 aromatic rings. The quantitative estimate of drug-likeness (QED) is 0.571. The van der Waals surface area contributed by atoms with E-state index < -0.39 is 5.97 Å². The Morgan fingerprint density at radius 1 is 1.36 bits per heavy atom. The smallest absolute Gasteiger partial charge is 0.348 e. The number of anilines is 1. The lowest BCUT2D eigenvalue weighted by molar-refractivity contribution is 0.0531. The summed E-state index contributed by atoms with van der Waals surface area (Å²) in [5, 5.41) is 9.85. The van der Waals surface area contributed by atoms with E-state index in [1.54, 1.807) is 32.2 Å². The van der Waals surface area contributed by atoms with Gasteiger partial charge in [0.25, 0.3) is 5.56 Å². The predicted octanol–water partition coefficient (Wildman–Crippen LogP) is 3.01. The van der Waals surface area contributed by atoms with E-state index in [0.29, 0.717) is 44.4 Å². The Labute approximate surface area is 195 Å². The second kappa shape index (κ2) is 9.68. The summed E-state index contributed by atoms with van der Waals surface area (Å²) in [6.07, 6.45) is 2.60. The van der Waals surface area contributed by atoms with Gasteiger partial charge in [-0.1, -0.05) is 0 Å². The fourth-order valence-corrected chi connectivity index (χ4v) is 5.28. The lowest BCUT2D eigenvalue weighted by Gasteiger charge is -2.27. The van der Waals surface area contributed by atoms with Crippen LogP contribution in [0.2, 0.25) is 0 Å². The summed E-state index contributed by atoms with van der Waals surface area (Å²) < 4.78 is 5.12. The molecule has 0 amide bonds. The van der Waals surface area contributed by atoms with Gasteiger partial charge >= 0.3 is 5.97 Å². The molecule has 1 atom stereocenters. The van der Waals surface area contributed by atoms with E-state index >= 15 is 0 Å². The zero-order valence-corrected chi connectivity index (χ0v) is 19.7. The van der Waals surface area contributed by atoms with Crippen molar-refractivity contribution in [2.45, 2.75) is 33.2 Å². The molecular weight excluding hydrogens is 440 g/mol. The Hall–Kier alpha value is -3.29. The monoisotopic (exact) mass is 466 g/mol. The molecule has 0 spiro atoms. The van der Waals surface area contributed by atoms with Crippen molar-refractivity contribution in [3.63, 3.8) is 0 Å². The van der Waals surface area contributed by atoms with Gasteiger partial charge in [-0.2, -0.15) is 5.26 Å². The van der Waals surface area contributed by atoms with Crippen molar-refractivity contribution < 1.29 is 9.53 Å². The van der Waals surface area contributed by atoms with Gasteiger partial charge in [0, 0.05) is 32.4 Å². The van der Waals surface area contributed by atoms with Crippen LogP contribution in [0.15, 0.2) is 23.1 Å². The maximum Gasteiger partial charge on any atom is 0.348 e. The molecule has 4 rings (SSSR count). The van der Waals surface area contributed by atoms with Gasteiger partial charge < -0.3 is 14.6 Å². The molecule has 3 aromatic heterocycles. The molecule has 1 aliphatic rings. The summed E-state index contributed by atoms with van der Waals surface area (Å²) in [6, 6.07) is 5.66. The number of aromatic nitrogens is 3. The minimum atomic E-state index is -0.425. The van der Waals surface area contributed by atoms with Crippen molar-refractivity contribution in [3.05, 3.63) is 50.5 Å². The molecule has 1 unspecified atom stereocenters. The van der Waals surface area contributed by atoms with E-state index in [2.05, 4.69) is 25.8 Å². The molecule has 1 N–H and O–H groups in total. The largest absolute Gasteiger partial charge is 0.462 e. The summed E-state index contributed by atoms with van der Waals surface area (Å²) in [4.78, 5) is 42.6. The zero-order chi connectivity index (χ0) is 23.5. The minimum Gasteiger partial charge on any atom is -0.462 e. The summed E-state index contributed by atoms with van der Waals surface area (Å²) in [7, 11) is 0. The highest BCUT2D eigenvalue weighted by atomic mass is 32.1. The number of H-pyrrole nitrogens is 1. The molecule has 33 heavy (non-hydrogen) atoms. The molecule has 9 nitrogen and oxygen atoms in total. The topological polar surface area (TPSA) is 115 Å². The normalized spacial score (nSPS) is 15.8. The number of hydrogen-bond acceptors (Lipinski definition) is 9. The molecule has 10 heteroatoms. The van der Waals surface area contributed by atoms with Crippen LogP contribution in [-0.4, -0.2) is 58.6 Å². The molecular formula is C23H26N6O3S. The first-order chi connectivity index (χ1) is 15.9. The fraction of sp³-hybridized carbons (Fsp3) is 0.435. The van der Waals surface area contributed by atoms with Crippen LogP contribution >= 0.6 is 11.3 Å². The van der Waals surface area contributed by atoms with Crippen LogP contribution in [0.5, 0.6) is 0 Å². The third kappa shape index (κ3) is 4.47. The lowest BCUT2D eigenvalue weighted by Crippen LogP contribution is -2.34. The van der Waals surface area contributed by atoms with Gasteiger partial charge in [0.1, 0.15) is 27.4 Å². The van der Waals surface area contributed by atoms with E-state index in [9.17, 15) is 14.9 Å². The SMILES string of the molecule is CCOC(=O)c1sc2nc(C(C)N3CCCN(c4ncccc4C#N)CC3)[nH]c(=O)c2c1C. The number of nitriles is 1. The maximum atomic E-state index is 12.9. The number of fused-ring (bicyclic) bond motifs is 1. The van der Waals surface area contributed by atoms with Crippen LogP contribution in [0.25, 0.3) is 10.2 Å². The highest BCUT2D eigenvalue weighted by Crippen LogP contribution is 2.29. The second-order valence-electron chi connectivity index (χ2n) is 7.95. The molecule has 0 radical (unpaired) electrons. The zero-order valence-electron chi connectivity index (χ0n) is 18.9. The Bertz CT molecular complexity index is 1280. The Morgan fingerprint density at radius 3 is 2.94 bits per heavy atom. The second-order valence-corrected chi connectivity index (χ2v) is 8.95. The maximum absolute atomic E-state index is 12.9. The Kier molecular flexibility index (Phi) is 6.72. The fourth-order valence-electron chi connectivity index (χ4n) is 4.20. The van der Waals surface area contributed by atoms with Gasteiger partial charge in [-0.3, -0.25) is 9.69 Å². The number of nitrogens with one attached hydrogen (secondary N) is 1. The van der Waals surface area contributed by atoms with E-state index in [0.717, 1.165) is 26.1 Å². The van der Waals surface area contributed by atoms with E-state index in [1.807, 2.05) is 6.92 Å². The molecule has 1 fully saturated rings. The number of nitrogens with zero attached hydrogens (tertiary/aromatic N) is 5. The van der Waals surface area contributed by atoms with Crippen molar-refractivity contribution in [3.8, 4) is 6.07 Å². The summed E-state index contributed by atoms with van der Waals surface area (Å²) in [5.41, 5.74) is 0.936. The van der Waals surface area contributed by atoms with Crippen LogP contribution in [0.1, 0.15) is 52.9 Å². The van der Waals surface area contributed by atoms with E-state index in [1.165, 1.54) is 11.3 Å². The third-order valence-electron chi connectivity index (χ3n) is 5.96. The minimum absolute atomic E-state index is 0.116. The number of aromatic amines is 1. The van der Waals surface area contributed by atoms with Crippen LogP contribution < -0.4 is 10.5 Å². The number of hydrogen-bond donors (Lipinski definition) is 1. The number of pyridine rings is 1. The van der Waals surface area contributed by atoms with Crippen molar-refractivity contribution >= 4 is 33.3 Å². The van der Waals surface area contributed by atoms with E-state index in [4.69, 9.17) is 9.72 Å². The Morgan fingerprint density at radius 2 is 2.18 bits per heavy atom. The van der Waals surface area contributed by atoms with E-state index in [-0.39, 0.29) is 18.2 Å². The molecule has 1 saturated heterocycles. The molecule has 1 aliphatic heterocycles. The standard InChI is InChI=1S/C23H26N6O3S/c1-4-32-23(31)18-14(2)17-21(30)26-19(27-22(17)33-18)15(3)28-9-6-10-29(12-11-28)20-16(13-24)7-5-8-25-20/h5,7-8,15H,4,6,9-12H2,1-3H3,(H,26,27,30). The molecule has 0 aromatic carbocycles. The van der Waals surface area contributed by atoms with Crippen LogP contribution in [-0.2, 0) is 4.74 Å². The van der Waals surface area contributed by atoms with Crippen molar-refractivity contribution in [2.24, 2.45) is 0 Å². The van der Waals surface area contributed by atoms with Crippen LogP contribution in [0.4, 0.5) is 5.82 Å². The molecule has 4 heterocycles. The Balaban J connectivity index is 1.57. The van der Waals surface area contributed by atoms with Crippen molar-refractivity contribution in [1.29, 1.82) is 5.26 Å². The summed E-state index contributed by atoms with van der Waals surface area (Å²) in [5.74, 6) is 0.863. The number of thiophene rings is 1. The first kappa shape index (κ1) is 22.9. The van der Waals surface area contributed by atoms with Crippen molar-refractivity contribution in [1.82, 2.24) is 19.9 Å². The number of carbonyl (C=O) groups excluding carboxylic acids is 1. The van der Waals surface area contributed by atoms with Gasteiger partial charge in [-0.25, -0.2) is 14.8 Å². The number of ether oxygens (including phenoxy) is 1. The highest BCUT2D eigenvalue weighted by molar-refractivity contribution is 7.20. The number of aryl methyl sites for hydroxylation is 1. The van der Waals surface area contributed by atoms with Gasteiger partial charge in [0.15, 0.2) is 0 Å². The average Bonchev–Trinajstić information content (AvgIpc) is 2.99. The first-order valence-corrected chi connectivity index (χ1v) is 11.8. The van der Waals surface area contributed by atoms with Crippen molar-refractivity contribution in [2.75, 3.05) is 37.7 Å². The lowest BCUT2D eigenvalue weighted by atomic mass is 10.2. The highest BCUT2D eigenvalue weighted by Gasteiger charge is 2.26. The summed E-state index contributed by atoms with van der Waals surface area (Å²) >= 11 is 1.20. The summed E-state index contributed by atoms with van der Waals surface area (Å²) in [6.45, 7) is 8.88. The number of esters is 1. The molecule has 0 aliphatic carbocycles. The number of rotatable bonds is 5. The molecule has 0 saturated carbocycles. The van der Waals surface area contributed by atoms with Gasteiger partial charge in [-0.15, -0.1) is 11.3 Å². The number of carbonyl (C=O) groups is 1. The van der Waals surface area contributed by atoms with Crippen LogP contribution in [0, 0.1) is 18.3 Å². The first-order valence-electron chi connectivity index (χ1n) is 11.0. The molecule has 172 valence electrons. The van der Waals surface area contributed by atoms with Gasteiger partial charge in [-0.05, 0) is 44.9 Å². The average molecular weight is 467 g/mol. The predicted molar refractivity (Wildman–Crippen MR) is 127 cm³/mol. The van der Waals surface area contributed by atoms with Crippen LogP contribution in [0.3, 0.4) is 0 Å².